The second kappa shape index (κ2) is 6.65. The van der Waals surface area contributed by atoms with Crippen LogP contribution in [0.15, 0.2) is 24.3 Å². The molecule has 0 aromatic heterocycles. The fraction of sp³-hybridized carbons (Fsp3) is 0.588. The number of likely N-dealkylation sites (tertiary alicyclic amines) is 1. The Labute approximate surface area is 130 Å². The highest BCUT2D eigenvalue weighted by Gasteiger charge is 2.37. The maximum Gasteiger partial charge on any atom is 0.410 e. The quantitative estimate of drug-likeness (QED) is 0.934. The van der Waals surface area contributed by atoms with Gasteiger partial charge in [0.15, 0.2) is 0 Å². The summed E-state index contributed by atoms with van der Waals surface area (Å²) in [5.41, 5.74) is 0.487. The average molecular weight is 309 g/mol. The first-order valence-corrected chi connectivity index (χ1v) is 7.63. The maximum absolute atomic E-state index is 12.9. The van der Waals surface area contributed by atoms with Gasteiger partial charge >= 0.3 is 6.09 Å². The zero-order valence-electron chi connectivity index (χ0n) is 13.4. The Morgan fingerprint density at radius 3 is 2.55 bits per heavy atom. The van der Waals surface area contributed by atoms with Crippen molar-refractivity contribution in [1.29, 1.82) is 0 Å². The molecule has 1 aliphatic heterocycles. The van der Waals surface area contributed by atoms with Crippen LogP contribution in [0, 0.1) is 11.7 Å². The van der Waals surface area contributed by atoms with E-state index in [4.69, 9.17) is 4.74 Å². The minimum atomic E-state index is -0.549. The van der Waals surface area contributed by atoms with Crippen LogP contribution in [-0.2, 0) is 11.2 Å². The van der Waals surface area contributed by atoms with E-state index < -0.39 is 5.60 Å². The van der Waals surface area contributed by atoms with Crippen LogP contribution in [0.4, 0.5) is 9.18 Å². The lowest BCUT2D eigenvalue weighted by Crippen LogP contribution is -2.41. The van der Waals surface area contributed by atoms with Gasteiger partial charge in [0.2, 0.25) is 0 Å². The first kappa shape index (κ1) is 16.7. The highest BCUT2D eigenvalue weighted by atomic mass is 19.1. The zero-order valence-corrected chi connectivity index (χ0v) is 13.4. The molecule has 1 aromatic rings. The predicted octanol–water partition coefficient (Wildman–Crippen LogP) is 2.99. The maximum atomic E-state index is 12.9. The molecule has 2 atom stereocenters. The third kappa shape index (κ3) is 4.44. The molecule has 2 rings (SSSR count). The SMILES string of the molecule is CC(C)(C)OC(=O)N1CC(Cc2ccc(F)cc2)CC1CO. The van der Waals surface area contributed by atoms with Gasteiger partial charge in [0, 0.05) is 6.54 Å². The molecule has 0 saturated carbocycles. The topological polar surface area (TPSA) is 49.8 Å². The van der Waals surface area contributed by atoms with Gasteiger partial charge < -0.3 is 14.7 Å². The van der Waals surface area contributed by atoms with Crippen molar-refractivity contribution in [2.24, 2.45) is 5.92 Å². The Kier molecular flexibility index (Phi) is 5.06. The smallest absolute Gasteiger partial charge is 0.410 e. The molecule has 122 valence electrons. The summed E-state index contributed by atoms with van der Waals surface area (Å²) in [5.74, 6) is -0.00563. The van der Waals surface area contributed by atoms with Gasteiger partial charge in [-0.3, -0.25) is 0 Å². The number of halogens is 1. The number of aliphatic hydroxyl groups is 1. The molecular weight excluding hydrogens is 285 g/mol. The summed E-state index contributed by atoms with van der Waals surface area (Å²) >= 11 is 0. The molecule has 2 unspecified atom stereocenters. The number of hydrogen-bond acceptors (Lipinski definition) is 3. The van der Waals surface area contributed by atoms with E-state index in [0.717, 1.165) is 18.4 Å². The lowest BCUT2D eigenvalue weighted by molar-refractivity contribution is 0.0172. The number of ether oxygens (including phenoxy) is 1. The van der Waals surface area contributed by atoms with Crippen LogP contribution in [0.25, 0.3) is 0 Å². The molecule has 0 bridgehead atoms. The van der Waals surface area contributed by atoms with E-state index >= 15 is 0 Å². The fourth-order valence-electron chi connectivity index (χ4n) is 2.83. The molecule has 5 heteroatoms. The summed E-state index contributed by atoms with van der Waals surface area (Å²) in [6.45, 7) is 5.96. The molecular formula is C17H24FNO3. The molecule has 22 heavy (non-hydrogen) atoms. The van der Waals surface area contributed by atoms with Crippen molar-refractivity contribution in [3.05, 3.63) is 35.6 Å². The van der Waals surface area contributed by atoms with Gasteiger partial charge in [0.25, 0.3) is 0 Å². The van der Waals surface area contributed by atoms with Crippen molar-refractivity contribution in [3.63, 3.8) is 0 Å². The molecule has 4 nitrogen and oxygen atoms in total. The van der Waals surface area contributed by atoms with Crippen LogP contribution >= 0.6 is 0 Å². The highest BCUT2D eigenvalue weighted by molar-refractivity contribution is 5.69. The molecule has 0 radical (unpaired) electrons. The lowest BCUT2D eigenvalue weighted by Gasteiger charge is -2.27. The van der Waals surface area contributed by atoms with Crippen molar-refractivity contribution < 1.29 is 19.0 Å². The number of carbonyl (C=O) groups is 1. The minimum absolute atomic E-state index is 0.0703. The highest BCUT2D eigenvalue weighted by Crippen LogP contribution is 2.28. The van der Waals surface area contributed by atoms with Crippen LogP contribution in [0.1, 0.15) is 32.8 Å². The Hall–Kier alpha value is -1.62. The number of carbonyl (C=O) groups excluding carboxylic acids is 1. The van der Waals surface area contributed by atoms with Crippen molar-refractivity contribution >= 4 is 6.09 Å². The van der Waals surface area contributed by atoms with Crippen LogP contribution in [0.5, 0.6) is 0 Å². The first-order valence-electron chi connectivity index (χ1n) is 7.63. The van der Waals surface area contributed by atoms with Gasteiger partial charge in [-0.15, -0.1) is 0 Å². The van der Waals surface area contributed by atoms with Crippen LogP contribution in [-0.4, -0.2) is 40.9 Å². The van der Waals surface area contributed by atoms with Gasteiger partial charge in [-0.25, -0.2) is 9.18 Å². The van der Waals surface area contributed by atoms with Crippen molar-refractivity contribution in [1.82, 2.24) is 4.90 Å². The third-order valence-corrected chi connectivity index (χ3v) is 3.78. The van der Waals surface area contributed by atoms with E-state index in [2.05, 4.69) is 0 Å². The van der Waals surface area contributed by atoms with Crippen molar-refractivity contribution in [2.75, 3.05) is 13.2 Å². The monoisotopic (exact) mass is 309 g/mol. The summed E-state index contributed by atoms with van der Waals surface area (Å²) in [6, 6.07) is 6.21. The van der Waals surface area contributed by atoms with E-state index in [1.807, 2.05) is 20.8 Å². The largest absolute Gasteiger partial charge is 0.444 e. The number of benzene rings is 1. The fourth-order valence-corrected chi connectivity index (χ4v) is 2.83. The summed E-state index contributed by atoms with van der Waals surface area (Å²) < 4.78 is 18.3. The normalized spacial score (nSPS) is 22.0. The number of rotatable bonds is 3. The second-order valence-electron chi connectivity index (χ2n) is 6.90. The molecule has 1 N–H and O–H groups in total. The van der Waals surface area contributed by atoms with Gasteiger partial charge in [-0.2, -0.15) is 0 Å². The van der Waals surface area contributed by atoms with E-state index in [0.29, 0.717) is 6.54 Å². The van der Waals surface area contributed by atoms with E-state index in [1.165, 1.54) is 12.1 Å². The third-order valence-electron chi connectivity index (χ3n) is 3.78. The summed E-state index contributed by atoms with van der Waals surface area (Å²) in [7, 11) is 0. The number of nitrogens with zero attached hydrogens (tertiary/aromatic N) is 1. The Bertz CT molecular complexity index is 510. The number of amides is 1. The lowest BCUT2D eigenvalue weighted by atomic mass is 9.97. The molecule has 1 aliphatic rings. The molecule has 1 aromatic carbocycles. The van der Waals surface area contributed by atoms with Crippen molar-refractivity contribution in [3.8, 4) is 0 Å². The average Bonchev–Trinajstić information content (AvgIpc) is 2.83. The van der Waals surface area contributed by atoms with Gasteiger partial charge in [-0.05, 0) is 57.2 Å². The summed E-state index contributed by atoms with van der Waals surface area (Å²) in [6.07, 6.45) is 1.11. The second-order valence-corrected chi connectivity index (χ2v) is 6.90. The first-order chi connectivity index (χ1) is 10.3. The molecule has 1 saturated heterocycles. The van der Waals surface area contributed by atoms with Crippen LogP contribution in [0.3, 0.4) is 0 Å². The van der Waals surface area contributed by atoms with Gasteiger partial charge in [0.1, 0.15) is 11.4 Å². The standard InChI is InChI=1S/C17H24FNO3/c1-17(2,3)22-16(21)19-10-13(9-15(19)11-20)8-12-4-6-14(18)7-5-12/h4-7,13,15,20H,8-11H2,1-3H3. The molecule has 1 amide bonds. The Morgan fingerprint density at radius 1 is 1.36 bits per heavy atom. The zero-order chi connectivity index (χ0) is 16.3. The summed E-state index contributed by atoms with van der Waals surface area (Å²) in [4.78, 5) is 13.8. The molecule has 0 aliphatic carbocycles. The van der Waals surface area contributed by atoms with Crippen LogP contribution < -0.4 is 0 Å². The number of hydrogen-bond donors (Lipinski definition) is 1. The molecule has 1 fully saturated rings. The molecule has 0 spiro atoms. The minimum Gasteiger partial charge on any atom is -0.444 e. The van der Waals surface area contributed by atoms with E-state index in [1.54, 1.807) is 17.0 Å². The summed E-state index contributed by atoms with van der Waals surface area (Å²) in [5, 5.41) is 9.50. The predicted molar refractivity (Wildman–Crippen MR) is 82.0 cm³/mol. The van der Waals surface area contributed by atoms with Crippen LogP contribution in [0.2, 0.25) is 0 Å². The van der Waals surface area contributed by atoms with Gasteiger partial charge in [0.05, 0.1) is 12.6 Å². The van der Waals surface area contributed by atoms with E-state index in [-0.39, 0.29) is 30.5 Å². The van der Waals surface area contributed by atoms with Gasteiger partial charge in [-0.1, -0.05) is 12.1 Å². The Morgan fingerprint density at radius 2 is 2.00 bits per heavy atom. The van der Waals surface area contributed by atoms with E-state index in [9.17, 15) is 14.3 Å². The Balaban J connectivity index is 1.99. The van der Waals surface area contributed by atoms with Crippen molar-refractivity contribution in [2.45, 2.75) is 45.3 Å². The number of aliphatic hydroxyl groups excluding tert-OH is 1. The molecule has 1 heterocycles.